The Kier molecular flexibility index (Phi) is 4.53. The molecule has 4 rings (SSSR count). The quantitative estimate of drug-likeness (QED) is 0.488. The lowest BCUT2D eigenvalue weighted by atomic mass is 10.1. The van der Waals surface area contributed by atoms with Crippen LogP contribution in [0.5, 0.6) is 11.5 Å². The zero-order valence-corrected chi connectivity index (χ0v) is 15.6. The molecule has 2 nitrogen and oxygen atoms in total. The molecule has 0 spiro atoms. The van der Waals surface area contributed by atoms with Crippen LogP contribution in [0.4, 0.5) is 0 Å². The molecule has 3 heteroatoms. The van der Waals surface area contributed by atoms with Crippen molar-refractivity contribution < 1.29 is 10.2 Å². The van der Waals surface area contributed by atoms with Crippen molar-refractivity contribution in [2.45, 2.75) is 13.3 Å². The first-order valence-corrected chi connectivity index (χ1v) is 10.4. The second kappa shape index (κ2) is 6.97. The molecule has 0 aliphatic carbocycles. The van der Waals surface area contributed by atoms with Gasteiger partial charge in [0.15, 0.2) is 0 Å². The third-order valence-corrected chi connectivity index (χ3v) is 7.66. The molecule has 0 amide bonds. The largest absolute Gasteiger partial charge is 0.507 e. The average molecular weight is 360 g/mol. The van der Waals surface area contributed by atoms with Crippen LogP contribution in [0.3, 0.4) is 0 Å². The summed E-state index contributed by atoms with van der Waals surface area (Å²) in [7, 11) is -0.892. The zero-order chi connectivity index (χ0) is 18.1. The van der Waals surface area contributed by atoms with Gasteiger partial charge in [-0.1, -0.05) is 74.0 Å². The molecular weight excluding hydrogens is 339 g/mol. The van der Waals surface area contributed by atoms with Gasteiger partial charge in [0.05, 0.1) is 0 Å². The molecule has 0 heterocycles. The number of fused-ring (bicyclic) bond motifs is 2. The maximum absolute atomic E-state index is 10.8. The Morgan fingerprint density at radius 2 is 1.12 bits per heavy atom. The second-order valence-electron chi connectivity index (χ2n) is 6.46. The van der Waals surface area contributed by atoms with E-state index in [2.05, 4.69) is 31.2 Å². The molecule has 0 bridgehead atoms. The maximum Gasteiger partial charge on any atom is 0.124 e. The summed E-state index contributed by atoms with van der Waals surface area (Å²) in [5.41, 5.74) is 0. The van der Waals surface area contributed by atoms with Gasteiger partial charge in [-0.15, -0.1) is 0 Å². The minimum absolute atomic E-state index is 0.315. The smallest absolute Gasteiger partial charge is 0.124 e. The van der Waals surface area contributed by atoms with Gasteiger partial charge in [0.25, 0.3) is 0 Å². The van der Waals surface area contributed by atoms with Crippen molar-refractivity contribution in [1.82, 2.24) is 0 Å². The van der Waals surface area contributed by atoms with E-state index in [1.54, 1.807) is 12.1 Å². The fourth-order valence-corrected chi connectivity index (χ4v) is 6.42. The molecule has 4 aromatic rings. The SMILES string of the molecule is CCCP(c1c(O)ccc2ccccc12)c1c(O)ccc2ccccc12. The van der Waals surface area contributed by atoms with E-state index >= 15 is 0 Å². The van der Waals surface area contributed by atoms with Crippen molar-refractivity contribution in [2.75, 3.05) is 6.16 Å². The Labute approximate surface area is 154 Å². The van der Waals surface area contributed by atoms with Crippen LogP contribution in [-0.2, 0) is 0 Å². The Bertz CT molecular complexity index is 1000. The molecule has 0 aromatic heterocycles. The van der Waals surface area contributed by atoms with E-state index in [1.165, 1.54) is 0 Å². The summed E-state index contributed by atoms with van der Waals surface area (Å²) in [6.45, 7) is 2.15. The summed E-state index contributed by atoms with van der Waals surface area (Å²) < 4.78 is 0. The summed E-state index contributed by atoms with van der Waals surface area (Å²) >= 11 is 0. The van der Waals surface area contributed by atoms with Crippen molar-refractivity contribution in [3.8, 4) is 11.5 Å². The second-order valence-corrected chi connectivity index (χ2v) is 8.66. The number of benzene rings is 4. The highest BCUT2D eigenvalue weighted by molar-refractivity contribution is 7.74. The van der Waals surface area contributed by atoms with Gasteiger partial charge in [0.1, 0.15) is 11.5 Å². The van der Waals surface area contributed by atoms with Gasteiger partial charge < -0.3 is 10.2 Å². The van der Waals surface area contributed by atoms with Gasteiger partial charge in [-0.2, -0.15) is 0 Å². The highest BCUT2D eigenvalue weighted by Crippen LogP contribution is 2.44. The molecule has 130 valence electrons. The Hall–Kier alpha value is -2.57. The monoisotopic (exact) mass is 360 g/mol. The third-order valence-electron chi connectivity index (χ3n) is 4.75. The first-order chi connectivity index (χ1) is 12.7. The van der Waals surface area contributed by atoms with Crippen molar-refractivity contribution in [3.63, 3.8) is 0 Å². The van der Waals surface area contributed by atoms with Crippen molar-refractivity contribution in [2.24, 2.45) is 0 Å². The van der Waals surface area contributed by atoms with Crippen LogP contribution >= 0.6 is 7.92 Å². The van der Waals surface area contributed by atoms with Crippen LogP contribution < -0.4 is 10.6 Å². The van der Waals surface area contributed by atoms with Crippen LogP contribution in [-0.4, -0.2) is 16.4 Å². The van der Waals surface area contributed by atoms with Crippen molar-refractivity contribution in [1.29, 1.82) is 0 Å². The molecule has 0 atom stereocenters. The number of phenols is 2. The molecule has 0 saturated heterocycles. The van der Waals surface area contributed by atoms with Crippen molar-refractivity contribution in [3.05, 3.63) is 72.8 Å². The summed E-state index contributed by atoms with van der Waals surface area (Å²) in [6, 6.07) is 23.8. The lowest BCUT2D eigenvalue weighted by molar-refractivity contribution is 0.480. The zero-order valence-electron chi connectivity index (χ0n) is 14.7. The van der Waals surface area contributed by atoms with E-state index < -0.39 is 7.92 Å². The number of hydrogen-bond acceptors (Lipinski definition) is 2. The van der Waals surface area contributed by atoms with Gasteiger partial charge in [0.2, 0.25) is 0 Å². The normalized spacial score (nSPS) is 11.5. The van der Waals surface area contributed by atoms with Gasteiger partial charge in [0, 0.05) is 10.6 Å². The van der Waals surface area contributed by atoms with Crippen LogP contribution in [0.25, 0.3) is 21.5 Å². The molecule has 0 saturated carbocycles. The van der Waals surface area contributed by atoms with Gasteiger partial charge in [-0.3, -0.25) is 0 Å². The van der Waals surface area contributed by atoms with E-state index in [-0.39, 0.29) is 0 Å². The molecule has 26 heavy (non-hydrogen) atoms. The molecular formula is C23H21O2P. The fourth-order valence-electron chi connectivity index (χ4n) is 3.61. The molecule has 0 fully saturated rings. The Morgan fingerprint density at radius 1 is 0.654 bits per heavy atom. The molecule has 0 radical (unpaired) electrons. The van der Waals surface area contributed by atoms with Crippen LogP contribution in [0.2, 0.25) is 0 Å². The fraction of sp³-hybridized carbons (Fsp3) is 0.130. The third kappa shape index (κ3) is 2.81. The van der Waals surface area contributed by atoms with Gasteiger partial charge in [-0.05, 0) is 47.8 Å². The maximum atomic E-state index is 10.8. The lowest BCUT2D eigenvalue weighted by Gasteiger charge is -2.23. The number of phenolic OH excluding ortho intramolecular Hbond substituents is 2. The Morgan fingerprint density at radius 3 is 1.58 bits per heavy atom. The van der Waals surface area contributed by atoms with E-state index in [1.807, 2.05) is 36.4 Å². The number of aromatic hydroxyl groups is 2. The molecule has 2 N–H and O–H groups in total. The molecule has 0 aliphatic heterocycles. The van der Waals surface area contributed by atoms with Gasteiger partial charge in [-0.25, -0.2) is 0 Å². The van der Waals surface area contributed by atoms with Gasteiger partial charge >= 0.3 is 0 Å². The summed E-state index contributed by atoms with van der Waals surface area (Å²) in [6.07, 6.45) is 1.90. The minimum Gasteiger partial charge on any atom is -0.507 e. The van der Waals surface area contributed by atoms with Crippen molar-refractivity contribution >= 4 is 40.1 Å². The van der Waals surface area contributed by atoms with E-state index in [0.717, 1.165) is 44.7 Å². The van der Waals surface area contributed by atoms with E-state index in [4.69, 9.17) is 0 Å². The molecule has 4 aromatic carbocycles. The first-order valence-electron chi connectivity index (χ1n) is 8.89. The Balaban J connectivity index is 2.06. The van der Waals surface area contributed by atoms with Crippen LogP contribution in [0.15, 0.2) is 72.8 Å². The molecule has 0 unspecified atom stereocenters. The highest BCUT2D eigenvalue weighted by Gasteiger charge is 2.24. The number of rotatable bonds is 4. The predicted molar refractivity (Wildman–Crippen MR) is 113 cm³/mol. The van der Waals surface area contributed by atoms with E-state index in [9.17, 15) is 10.2 Å². The van der Waals surface area contributed by atoms with Crippen LogP contribution in [0.1, 0.15) is 13.3 Å². The average Bonchev–Trinajstić information content (AvgIpc) is 2.67. The summed E-state index contributed by atoms with van der Waals surface area (Å²) in [5.74, 6) is 0.631. The summed E-state index contributed by atoms with van der Waals surface area (Å²) in [5, 5.41) is 27.8. The minimum atomic E-state index is -0.892. The van der Waals surface area contributed by atoms with E-state index in [0.29, 0.717) is 11.5 Å². The topological polar surface area (TPSA) is 40.5 Å². The standard InChI is InChI=1S/C23H21O2P/c1-2-15-26(22-18-9-5-3-7-16(18)11-13-20(22)24)23-19-10-6-4-8-17(19)12-14-21(23)25/h3-14,24-25H,2,15H2,1H3. The predicted octanol–water partition coefficient (Wildman–Crippen LogP) is 5.25. The van der Waals surface area contributed by atoms with Crippen LogP contribution in [0, 0.1) is 0 Å². The lowest BCUT2D eigenvalue weighted by Crippen LogP contribution is -2.17. The summed E-state index contributed by atoms with van der Waals surface area (Å²) in [4.78, 5) is 0. The number of hydrogen-bond donors (Lipinski definition) is 2. The first kappa shape index (κ1) is 16.9. The molecule has 0 aliphatic rings. The highest BCUT2D eigenvalue weighted by atomic mass is 31.1.